The molecule has 17 heavy (non-hydrogen) atoms. The van der Waals surface area contributed by atoms with E-state index in [4.69, 9.17) is 5.73 Å². The molecule has 0 aliphatic heterocycles. The summed E-state index contributed by atoms with van der Waals surface area (Å²) < 4.78 is 1.02. The van der Waals surface area contributed by atoms with Crippen LogP contribution in [0.2, 0.25) is 0 Å². The Morgan fingerprint density at radius 3 is 2.59 bits per heavy atom. The average Bonchev–Trinajstić information content (AvgIpc) is 2.34. The van der Waals surface area contributed by atoms with Crippen molar-refractivity contribution in [3.05, 3.63) is 46.2 Å². The highest BCUT2D eigenvalue weighted by molar-refractivity contribution is 9.10. The molecular weight excluding hydrogens is 298 g/mol. The molecule has 0 amide bonds. The lowest BCUT2D eigenvalue weighted by Crippen LogP contribution is -1.96. The van der Waals surface area contributed by atoms with Gasteiger partial charge in [0.05, 0.1) is 0 Å². The van der Waals surface area contributed by atoms with Crippen LogP contribution in [0.25, 0.3) is 0 Å². The van der Waals surface area contributed by atoms with E-state index in [1.165, 1.54) is 11.8 Å². The van der Waals surface area contributed by atoms with Crippen molar-refractivity contribution >= 4 is 27.7 Å². The summed E-state index contributed by atoms with van der Waals surface area (Å²) in [5.74, 6) is 0. The fraction of sp³-hybridized carbons (Fsp3) is 0.167. The molecule has 0 spiro atoms. The average molecular weight is 310 g/mol. The Bertz CT molecular complexity index is 514. The molecule has 0 fully saturated rings. The minimum atomic E-state index is 0.546. The second-order valence-corrected chi connectivity index (χ2v) is 5.48. The summed E-state index contributed by atoms with van der Waals surface area (Å²) in [5, 5.41) is 0.747. The van der Waals surface area contributed by atoms with Gasteiger partial charge in [0, 0.05) is 28.3 Å². The van der Waals surface area contributed by atoms with Gasteiger partial charge in [0.15, 0.2) is 5.16 Å². The second kappa shape index (κ2) is 5.62. The Morgan fingerprint density at radius 2 is 2.00 bits per heavy atom. The maximum absolute atomic E-state index is 5.59. The van der Waals surface area contributed by atoms with Gasteiger partial charge in [-0.15, -0.1) is 0 Å². The summed E-state index contributed by atoms with van der Waals surface area (Å²) in [6.07, 6.45) is 3.63. The molecule has 2 rings (SSSR count). The van der Waals surface area contributed by atoms with Crippen LogP contribution in [0.3, 0.4) is 0 Å². The third-order valence-corrected chi connectivity index (χ3v) is 4.08. The lowest BCUT2D eigenvalue weighted by Gasteiger charge is -2.05. The highest BCUT2D eigenvalue weighted by Gasteiger charge is 2.05. The molecule has 1 heterocycles. The van der Waals surface area contributed by atoms with Gasteiger partial charge in [-0.25, -0.2) is 9.97 Å². The summed E-state index contributed by atoms with van der Waals surface area (Å²) in [5.41, 5.74) is 7.75. The van der Waals surface area contributed by atoms with Crippen LogP contribution in [0.4, 0.5) is 0 Å². The van der Waals surface area contributed by atoms with Gasteiger partial charge in [-0.3, -0.25) is 0 Å². The van der Waals surface area contributed by atoms with Crippen LogP contribution in [0.1, 0.15) is 11.1 Å². The van der Waals surface area contributed by atoms with E-state index in [0.29, 0.717) is 6.54 Å². The van der Waals surface area contributed by atoms with Crippen molar-refractivity contribution in [1.82, 2.24) is 9.97 Å². The first-order valence-corrected chi connectivity index (χ1v) is 6.75. The fourth-order valence-corrected chi connectivity index (χ4v) is 2.65. The summed E-state index contributed by atoms with van der Waals surface area (Å²) in [6, 6.07) is 6.07. The monoisotopic (exact) mass is 309 g/mol. The van der Waals surface area contributed by atoms with Crippen molar-refractivity contribution in [2.75, 3.05) is 0 Å². The number of halogens is 1. The number of hydrogen-bond donors (Lipinski definition) is 1. The van der Waals surface area contributed by atoms with Crippen LogP contribution in [0, 0.1) is 6.92 Å². The Balaban J connectivity index is 2.21. The molecule has 88 valence electrons. The van der Waals surface area contributed by atoms with Gasteiger partial charge >= 0.3 is 0 Å². The van der Waals surface area contributed by atoms with Crippen molar-refractivity contribution in [1.29, 1.82) is 0 Å². The Labute approximate surface area is 113 Å². The molecule has 0 unspecified atom stereocenters. The fourth-order valence-electron chi connectivity index (χ4n) is 1.29. The van der Waals surface area contributed by atoms with Gasteiger partial charge in [-0.1, -0.05) is 6.07 Å². The highest BCUT2D eigenvalue weighted by Crippen LogP contribution is 2.31. The SMILES string of the molecule is Cc1cnc(Sc2ccc(CN)cc2Br)nc1. The zero-order valence-electron chi connectivity index (χ0n) is 9.35. The number of rotatable bonds is 3. The molecule has 0 atom stereocenters. The van der Waals surface area contributed by atoms with Gasteiger partial charge in [0.25, 0.3) is 0 Å². The van der Waals surface area contributed by atoms with E-state index < -0.39 is 0 Å². The third-order valence-electron chi connectivity index (χ3n) is 2.19. The van der Waals surface area contributed by atoms with Crippen LogP contribution >= 0.6 is 27.7 Å². The number of nitrogens with zero attached hydrogens (tertiary/aromatic N) is 2. The van der Waals surface area contributed by atoms with E-state index >= 15 is 0 Å². The first-order chi connectivity index (χ1) is 8.19. The van der Waals surface area contributed by atoms with E-state index in [0.717, 1.165) is 25.7 Å². The molecule has 0 bridgehead atoms. The van der Waals surface area contributed by atoms with E-state index in [1.807, 2.05) is 37.5 Å². The number of hydrogen-bond acceptors (Lipinski definition) is 4. The van der Waals surface area contributed by atoms with Crippen molar-refractivity contribution in [3.8, 4) is 0 Å². The van der Waals surface area contributed by atoms with Crippen LogP contribution < -0.4 is 5.73 Å². The predicted molar refractivity (Wildman–Crippen MR) is 72.9 cm³/mol. The summed E-state index contributed by atoms with van der Waals surface area (Å²) in [4.78, 5) is 9.62. The molecule has 1 aromatic carbocycles. The van der Waals surface area contributed by atoms with E-state index in [2.05, 4.69) is 25.9 Å². The van der Waals surface area contributed by atoms with Gasteiger partial charge in [-0.2, -0.15) is 0 Å². The third kappa shape index (κ3) is 3.28. The molecule has 0 saturated carbocycles. The predicted octanol–water partition coefficient (Wildman–Crippen LogP) is 3.16. The van der Waals surface area contributed by atoms with E-state index in [1.54, 1.807) is 0 Å². The molecule has 0 aliphatic rings. The quantitative estimate of drug-likeness (QED) is 0.885. The zero-order chi connectivity index (χ0) is 12.3. The molecular formula is C12H12BrN3S. The van der Waals surface area contributed by atoms with Crippen molar-refractivity contribution in [2.24, 2.45) is 5.73 Å². The molecule has 1 aromatic heterocycles. The minimum Gasteiger partial charge on any atom is -0.326 e. The Morgan fingerprint density at radius 1 is 1.29 bits per heavy atom. The van der Waals surface area contributed by atoms with Gasteiger partial charge in [0.1, 0.15) is 0 Å². The maximum atomic E-state index is 5.59. The first-order valence-electron chi connectivity index (χ1n) is 5.14. The zero-order valence-corrected chi connectivity index (χ0v) is 11.8. The lowest BCUT2D eigenvalue weighted by molar-refractivity contribution is 0.949. The van der Waals surface area contributed by atoms with Crippen LogP contribution in [-0.2, 0) is 6.54 Å². The van der Waals surface area contributed by atoms with Crippen molar-refractivity contribution in [2.45, 2.75) is 23.5 Å². The molecule has 0 radical (unpaired) electrons. The molecule has 5 heteroatoms. The highest BCUT2D eigenvalue weighted by atomic mass is 79.9. The largest absolute Gasteiger partial charge is 0.326 e. The van der Waals surface area contributed by atoms with Gasteiger partial charge in [-0.05, 0) is 57.9 Å². The van der Waals surface area contributed by atoms with Crippen molar-refractivity contribution < 1.29 is 0 Å². The van der Waals surface area contributed by atoms with Crippen LogP contribution in [0.5, 0.6) is 0 Å². The standard InChI is InChI=1S/C12H12BrN3S/c1-8-6-15-12(16-7-8)17-11-3-2-9(5-14)4-10(11)13/h2-4,6-7H,5,14H2,1H3. The topological polar surface area (TPSA) is 51.8 Å². The molecule has 2 N–H and O–H groups in total. The molecule has 3 nitrogen and oxygen atoms in total. The Kier molecular flexibility index (Phi) is 4.15. The van der Waals surface area contributed by atoms with Gasteiger partial charge in [0.2, 0.25) is 0 Å². The van der Waals surface area contributed by atoms with Crippen molar-refractivity contribution in [3.63, 3.8) is 0 Å². The number of benzene rings is 1. The molecule has 2 aromatic rings. The summed E-state index contributed by atoms with van der Waals surface area (Å²) in [6.45, 7) is 2.52. The minimum absolute atomic E-state index is 0.546. The lowest BCUT2D eigenvalue weighted by atomic mass is 10.2. The smallest absolute Gasteiger partial charge is 0.192 e. The van der Waals surface area contributed by atoms with Gasteiger partial charge < -0.3 is 5.73 Å². The second-order valence-electron chi connectivity index (χ2n) is 3.61. The van der Waals surface area contributed by atoms with Crippen LogP contribution in [-0.4, -0.2) is 9.97 Å². The number of aromatic nitrogens is 2. The number of nitrogens with two attached hydrogens (primary N) is 1. The normalized spacial score (nSPS) is 10.5. The number of aryl methyl sites for hydroxylation is 1. The summed E-state index contributed by atoms with van der Waals surface area (Å²) in [7, 11) is 0. The van der Waals surface area contributed by atoms with Crippen LogP contribution in [0.15, 0.2) is 45.1 Å². The van der Waals surface area contributed by atoms with E-state index in [-0.39, 0.29) is 0 Å². The molecule has 0 aliphatic carbocycles. The Hall–Kier alpha value is -0.910. The maximum Gasteiger partial charge on any atom is 0.192 e. The molecule has 0 saturated heterocycles. The summed E-state index contributed by atoms with van der Waals surface area (Å²) >= 11 is 5.06. The van der Waals surface area contributed by atoms with E-state index in [9.17, 15) is 0 Å². The first kappa shape index (κ1) is 12.5.